The first-order valence-electron chi connectivity index (χ1n) is 13.8. The van der Waals surface area contributed by atoms with E-state index in [4.69, 9.17) is 5.11 Å². The van der Waals surface area contributed by atoms with Crippen LogP contribution in [0.4, 0.5) is 0 Å². The number of fused-ring (bicyclic) bond motifs is 7. The van der Waals surface area contributed by atoms with E-state index in [1.807, 2.05) is 0 Å². The molecule has 33 heavy (non-hydrogen) atoms. The molecule has 0 heterocycles. The molecule has 4 fully saturated rings. The van der Waals surface area contributed by atoms with Crippen LogP contribution in [0.25, 0.3) is 0 Å². The first-order valence-corrected chi connectivity index (χ1v) is 13.8. The van der Waals surface area contributed by atoms with E-state index in [2.05, 4.69) is 47.6 Å². The third-order valence-electron chi connectivity index (χ3n) is 12.3. The maximum atomic E-state index is 10.8. The SMILES string of the molecule is CC1(C)CC[C@]2(CO)CCC3C(=CCC4[C@@]3(C)CCC3C(C)(C)[C@@H](O)CC[C@@]34C)[C@@H]2C1.CO. The molecule has 0 saturated heterocycles. The van der Waals surface area contributed by atoms with Crippen LogP contribution in [0.2, 0.25) is 0 Å². The Morgan fingerprint density at radius 3 is 2.12 bits per heavy atom. The summed E-state index contributed by atoms with van der Waals surface area (Å²) < 4.78 is 0. The largest absolute Gasteiger partial charge is 0.400 e. The standard InChI is InChI=1S/C29H48O2.CH4O/c1-25(2)15-16-29(18-30)14-9-20-19(21(29)17-25)7-8-23-27(20,5)12-10-22-26(3,4)24(31)11-13-28(22,23)6;1-2/h7,20-24,30-31H,8-18H2,1-6H3;2H,1H3/t20?,21-,22?,23?,24-,27-,28-,29-;/m0./s1. The molecule has 0 bridgehead atoms. The molecule has 0 spiro atoms. The van der Waals surface area contributed by atoms with Gasteiger partial charge in [-0.2, -0.15) is 0 Å². The number of hydrogen-bond acceptors (Lipinski definition) is 3. The first kappa shape index (κ1) is 25.7. The predicted molar refractivity (Wildman–Crippen MR) is 136 cm³/mol. The topological polar surface area (TPSA) is 60.7 Å². The summed E-state index contributed by atoms with van der Waals surface area (Å²) in [4.78, 5) is 0. The Morgan fingerprint density at radius 2 is 1.45 bits per heavy atom. The second-order valence-electron chi connectivity index (χ2n) is 14.5. The van der Waals surface area contributed by atoms with E-state index in [9.17, 15) is 10.2 Å². The Labute approximate surface area is 203 Å². The van der Waals surface area contributed by atoms with Crippen LogP contribution in [-0.2, 0) is 0 Å². The predicted octanol–water partition coefficient (Wildman–Crippen LogP) is 6.36. The molecule has 8 atom stereocenters. The highest BCUT2D eigenvalue weighted by molar-refractivity contribution is 5.29. The normalized spacial score (nSPS) is 49.8. The molecular weight excluding hydrogens is 408 g/mol. The van der Waals surface area contributed by atoms with Crippen LogP contribution in [0, 0.1) is 50.7 Å². The van der Waals surface area contributed by atoms with Gasteiger partial charge < -0.3 is 15.3 Å². The fourth-order valence-corrected chi connectivity index (χ4v) is 10.3. The van der Waals surface area contributed by atoms with Gasteiger partial charge in [0.05, 0.1) is 6.10 Å². The van der Waals surface area contributed by atoms with Gasteiger partial charge in [0.25, 0.3) is 0 Å². The zero-order valence-corrected chi connectivity index (χ0v) is 22.6. The van der Waals surface area contributed by atoms with E-state index in [0.29, 0.717) is 40.6 Å². The van der Waals surface area contributed by atoms with Crippen molar-refractivity contribution in [2.24, 2.45) is 50.7 Å². The molecule has 3 heteroatoms. The fraction of sp³-hybridized carbons (Fsp3) is 0.933. The first-order chi connectivity index (χ1) is 15.4. The van der Waals surface area contributed by atoms with Gasteiger partial charge in [0.2, 0.25) is 0 Å². The van der Waals surface area contributed by atoms with Gasteiger partial charge in [-0.05, 0) is 110 Å². The van der Waals surface area contributed by atoms with Crippen molar-refractivity contribution in [1.29, 1.82) is 0 Å². The van der Waals surface area contributed by atoms with Crippen molar-refractivity contribution < 1.29 is 15.3 Å². The highest BCUT2D eigenvalue weighted by Gasteiger charge is 2.64. The van der Waals surface area contributed by atoms with Crippen molar-refractivity contribution in [3.05, 3.63) is 11.6 Å². The van der Waals surface area contributed by atoms with Gasteiger partial charge in [-0.1, -0.05) is 53.2 Å². The minimum Gasteiger partial charge on any atom is -0.400 e. The summed E-state index contributed by atoms with van der Waals surface area (Å²) in [5, 5.41) is 28.4. The molecule has 5 aliphatic carbocycles. The van der Waals surface area contributed by atoms with Gasteiger partial charge >= 0.3 is 0 Å². The van der Waals surface area contributed by atoms with Crippen LogP contribution in [0.3, 0.4) is 0 Å². The minimum atomic E-state index is -0.144. The molecule has 0 aromatic heterocycles. The molecule has 0 aromatic rings. The van der Waals surface area contributed by atoms with Gasteiger partial charge in [0.1, 0.15) is 0 Å². The van der Waals surface area contributed by atoms with Crippen LogP contribution in [0.5, 0.6) is 0 Å². The maximum absolute atomic E-state index is 10.8. The molecule has 3 unspecified atom stereocenters. The molecule has 190 valence electrons. The average Bonchev–Trinajstić information content (AvgIpc) is 2.77. The van der Waals surface area contributed by atoms with Crippen molar-refractivity contribution in [1.82, 2.24) is 0 Å². The molecule has 4 saturated carbocycles. The smallest absolute Gasteiger partial charge is 0.0594 e. The fourth-order valence-electron chi connectivity index (χ4n) is 10.3. The lowest BCUT2D eigenvalue weighted by molar-refractivity contribution is -0.187. The van der Waals surface area contributed by atoms with Gasteiger partial charge in [-0.15, -0.1) is 0 Å². The lowest BCUT2D eigenvalue weighted by atomic mass is 9.37. The lowest BCUT2D eigenvalue weighted by Gasteiger charge is -2.68. The zero-order chi connectivity index (χ0) is 24.4. The van der Waals surface area contributed by atoms with Gasteiger partial charge in [0, 0.05) is 19.1 Å². The van der Waals surface area contributed by atoms with E-state index in [-0.39, 0.29) is 16.9 Å². The van der Waals surface area contributed by atoms with E-state index in [1.54, 1.807) is 5.57 Å². The highest BCUT2D eigenvalue weighted by atomic mass is 16.3. The van der Waals surface area contributed by atoms with E-state index in [1.165, 1.54) is 57.8 Å². The molecule has 3 N–H and O–H groups in total. The summed E-state index contributed by atoms with van der Waals surface area (Å²) in [5.74, 6) is 2.66. The Kier molecular flexibility index (Phi) is 6.50. The third-order valence-corrected chi connectivity index (χ3v) is 12.3. The minimum absolute atomic E-state index is 0.0321. The van der Waals surface area contributed by atoms with E-state index >= 15 is 0 Å². The highest BCUT2D eigenvalue weighted by Crippen LogP contribution is 2.71. The Balaban J connectivity index is 0.00000126. The van der Waals surface area contributed by atoms with Gasteiger partial charge in [0.15, 0.2) is 0 Å². The average molecular weight is 461 g/mol. The lowest BCUT2D eigenvalue weighted by Crippen LogP contribution is -2.62. The molecular formula is C30H52O3. The van der Waals surface area contributed by atoms with Crippen LogP contribution in [0.1, 0.15) is 106 Å². The van der Waals surface area contributed by atoms with Crippen molar-refractivity contribution >= 4 is 0 Å². The summed E-state index contributed by atoms with van der Waals surface area (Å²) in [5.41, 5.74) is 3.07. The van der Waals surface area contributed by atoms with Crippen molar-refractivity contribution in [3.8, 4) is 0 Å². The molecule has 5 aliphatic rings. The monoisotopic (exact) mass is 460 g/mol. The van der Waals surface area contributed by atoms with Crippen LogP contribution >= 0.6 is 0 Å². The number of hydrogen-bond donors (Lipinski definition) is 3. The summed E-state index contributed by atoms with van der Waals surface area (Å²) in [7, 11) is 1.00. The molecule has 0 aromatic carbocycles. The van der Waals surface area contributed by atoms with Crippen LogP contribution in [0.15, 0.2) is 11.6 Å². The molecule has 0 amide bonds. The Morgan fingerprint density at radius 1 is 0.788 bits per heavy atom. The summed E-state index contributed by atoms with van der Waals surface area (Å²) in [6.45, 7) is 15.2. The number of allylic oxidation sites excluding steroid dienone is 2. The van der Waals surface area contributed by atoms with E-state index < -0.39 is 0 Å². The summed E-state index contributed by atoms with van der Waals surface area (Å²) in [6, 6.07) is 0. The quantitative estimate of drug-likeness (QED) is 0.399. The van der Waals surface area contributed by atoms with Crippen molar-refractivity contribution in [2.75, 3.05) is 13.7 Å². The number of aliphatic hydroxyl groups is 3. The van der Waals surface area contributed by atoms with E-state index in [0.717, 1.165) is 19.4 Å². The van der Waals surface area contributed by atoms with Gasteiger partial charge in [-0.3, -0.25) is 0 Å². The van der Waals surface area contributed by atoms with Crippen molar-refractivity contribution in [3.63, 3.8) is 0 Å². The van der Waals surface area contributed by atoms with Gasteiger partial charge in [-0.25, -0.2) is 0 Å². The Hall–Kier alpha value is -0.380. The van der Waals surface area contributed by atoms with Crippen LogP contribution in [-0.4, -0.2) is 35.1 Å². The molecule has 3 nitrogen and oxygen atoms in total. The van der Waals surface area contributed by atoms with Crippen LogP contribution < -0.4 is 0 Å². The number of rotatable bonds is 1. The Bertz CT molecular complexity index is 769. The van der Waals surface area contributed by atoms with Crippen molar-refractivity contribution in [2.45, 2.75) is 112 Å². The second kappa shape index (κ2) is 8.34. The third kappa shape index (κ3) is 3.61. The molecule has 5 rings (SSSR count). The molecule has 0 aliphatic heterocycles. The maximum Gasteiger partial charge on any atom is 0.0594 e. The second-order valence-corrected chi connectivity index (χ2v) is 14.5. The summed E-state index contributed by atoms with van der Waals surface area (Å²) in [6.07, 6.45) is 14.8. The molecule has 0 radical (unpaired) electrons. The number of aliphatic hydroxyl groups excluding tert-OH is 3. The zero-order valence-electron chi connectivity index (χ0n) is 22.6. The summed E-state index contributed by atoms with van der Waals surface area (Å²) >= 11 is 0.